The molecule has 0 atom stereocenters. The molecule has 0 radical (unpaired) electrons. The molecule has 0 spiro atoms. The van der Waals surface area contributed by atoms with Crippen molar-refractivity contribution in [3.63, 3.8) is 0 Å². The molecule has 3 rings (SSSR count). The number of fused-ring (bicyclic) bond motifs is 1. The molecule has 1 aromatic heterocycles. The van der Waals surface area contributed by atoms with Gasteiger partial charge in [0.2, 0.25) is 0 Å². The van der Waals surface area contributed by atoms with Crippen LogP contribution in [-0.4, -0.2) is 24.1 Å². The van der Waals surface area contributed by atoms with Crippen molar-refractivity contribution >= 4 is 11.0 Å². The number of rotatable bonds is 3. The Morgan fingerprint density at radius 2 is 1.82 bits per heavy atom. The predicted octanol–water partition coefficient (Wildman–Crippen LogP) is 3.23. The first-order chi connectivity index (χ1) is 10.6. The van der Waals surface area contributed by atoms with Gasteiger partial charge in [0.05, 0.1) is 11.1 Å². The summed E-state index contributed by atoms with van der Waals surface area (Å²) < 4.78 is 5.52. The van der Waals surface area contributed by atoms with E-state index in [-0.39, 0.29) is 5.75 Å². The van der Waals surface area contributed by atoms with Gasteiger partial charge in [-0.15, -0.1) is 0 Å². The van der Waals surface area contributed by atoms with Crippen molar-refractivity contribution in [1.82, 2.24) is 4.90 Å². The molecular weight excluding hydrogens is 278 g/mol. The van der Waals surface area contributed by atoms with E-state index in [1.54, 1.807) is 12.1 Å². The van der Waals surface area contributed by atoms with Crippen LogP contribution in [0, 0.1) is 0 Å². The molecule has 1 N–H and O–H groups in total. The molecule has 112 valence electrons. The van der Waals surface area contributed by atoms with Crippen molar-refractivity contribution in [2.45, 2.75) is 6.54 Å². The van der Waals surface area contributed by atoms with E-state index in [1.165, 1.54) is 0 Å². The van der Waals surface area contributed by atoms with Crippen LogP contribution in [-0.2, 0) is 6.54 Å². The molecule has 4 heteroatoms. The lowest BCUT2D eigenvalue weighted by Crippen LogP contribution is -2.12. The van der Waals surface area contributed by atoms with Gasteiger partial charge in [-0.25, -0.2) is 4.79 Å². The van der Waals surface area contributed by atoms with Crippen molar-refractivity contribution in [1.29, 1.82) is 0 Å². The molecule has 4 nitrogen and oxygen atoms in total. The van der Waals surface area contributed by atoms with Gasteiger partial charge in [-0.2, -0.15) is 0 Å². The fraction of sp³-hybridized carbons (Fsp3) is 0.167. The van der Waals surface area contributed by atoms with E-state index in [0.29, 0.717) is 23.3 Å². The zero-order chi connectivity index (χ0) is 15.7. The Labute approximate surface area is 128 Å². The number of benzene rings is 2. The highest BCUT2D eigenvalue weighted by molar-refractivity contribution is 5.85. The third kappa shape index (κ3) is 2.61. The fourth-order valence-corrected chi connectivity index (χ4v) is 2.52. The van der Waals surface area contributed by atoms with Crippen molar-refractivity contribution in [2.24, 2.45) is 0 Å². The molecular formula is C18H17NO3. The van der Waals surface area contributed by atoms with Crippen LogP contribution in [0.25, 0.3) is 22.1 Å². The van der Waals surface area contributed by atoms with Crippen LogP contribution in [0.5, 0.6) is 5.75 Å². The molecule has 0 fully saturated rings. The van der Waals surface area contributed by atoms with Gasteiger partial charge in [-0.05, 0) is 37.9 Å². The monoisotopic (exact) mass is 295 g/mol. The second-order valence-electron chi connectivity index (χ2n) is 5.53. The molecule has 0 amide bonds. The van der Waals surface area contributed by atoms with Gasteiger partial charge in [-0.3, -0.25) is 0 Å². The molecule has 0 saturated carbocycles. The number of aromatic hydroxyl groups is 1. The standard InChI is InChI=1S/C18H17NO3/c1-19(2)11-15-16(20)9-8-13-10-14(18(21)22-17(13)15)12-6-4-3-5-7-12/h3-10,20H,11H2,1-2H3. The first kappa shape index (κ1) is 14.4. The summed E-state index contributed by atoms with van der Waals surface area (Å²) in [6.45, 7) is 0.497. The third-order valence-electron chi connectivity index (χ3n) is 3.54. The van der Waals surface area contributed by atoms with Crippen LogP contribution in [0.15, 0.2) is 57.7 Å². The Hall–Kier alpha value is -2.59. The average molecular weight is 295 g/mol. The predicted molar refractivity (Wildman–Crippen MR) is 87.0 cm³/mol. The number of hydrogen-bond acceptors (Lipinski definition) is 4. The molecule has 0 saturated heterocycles. The second kappa shape index (κ2) is 5.66. The first-order valence-electron chi connectivity index (χ1n) is 7.05. The Kier molecular flexibility index (Phi) is 3.69. The summed E-state index contributed by atoms with van der Waals surface area (Å²) in [5.74, 6) is 0.136. The van der Waals surface area contributed by atoms with Crippen LogP contribution in [0.1, 0.15) is 5.56 Å². The lowest BCUT2D eigenvalue weighted by atomic mass is 10.0. The highest BCUT2D eigenvalue weighted by Crippen LogP contribution is 2.29. The Balaban J connectivity index is 2.24. The Bertz CT molecular complexity index is 867. The van der Waals surface area contributed by atoms with Crippen LogP contribution in [0.4, 0.5) is 0 Å². The molecule has 0 bridgehead atoms. The molecule has 1 heterocycles. The van der Waals surface area contributed by atoms with Gasteiger partial charge < -0.3 is 14.4 Å². The van der Waals surface area contributed by atoms with E-state index in [0.717, 1.165) is 10.9 Å². The van der Waals surface area contributed by atoms with Gasteiger partial charge in [0.15, 0.2) is 0 Å². The number of phenolic OH excluding ortho intramolecular Hbond substituents is 1. The minimum absolute atomic E-state index is 0.136. The highest BCUT2D eigenvalue weighted by Gasteiger charge is 2.14. The normalized spacial score (nSPS) is 11.2. The van der Waals surface area contributed by atoms with Gasteiger partial charge in [-0.1, -0.05) is 30.3 Å². The second-order valence-corrected chi connectivity index (χ2v) is 5.53. The van der Waals surface area contributed by atoms with Crippen molar-refractivity contribution < 1.29 is 9.52 Å². The maximum Gasteiger partial charge on any atom is 0.344 e. The van der Waals surface area contributed by atoms with Crippen LogP contribution >= 0.6 is 0 Å². The van der Waals surface area contributed by atoms with Crippen molar-refractivity contribution in [2.75, 3.05) is 14.1 Å². The molecule has 0 aliphatic carbocycles. The molecule has 22 heavy (non-hydrogen) atoms. The summed E-state index contributed by atoms with van der Waals surface area (Å²) in [4.78, 5) is 14.2. The van der Waals surface area contributed by atoms with Gasteiger partial charge >= 0.3 is 5.63 Å². The number of hydrogen-bond donors (Lipinski definition) is 1. The van der Waals surface area contributed by atoms with E-state index in [9.17, 15) is 9.90 Å². The zero-order valence-electron chi connectivity index (χ0n) is 12.5. The lowest BCUT2D eigenvalue weighted by Gasteiger charge is -2.13. The lowest BCUT2D eigenvalue weighted by molar-refractivity contribution is 0.383. The smallest absolute Gasteiger partial charge is 0.344 e. The van der Waals surface area contributed by atoms with Crippen molar-refractivity contribution in [3.05, 3.63) is 64.5 Å². The SMILES string of the molecule is CN(C)Cc1c(O)ccc2cc(-c3ccccc3)c(=O)oc12. The summed E-state index contributed by atoms with van der Waals surface area (Å²) in [5.41, 5.74) is 2.01. The van der Waals surface area contributed by atoms with Crippen molar-refractivity contribution in [3.8, 4) is 16.9 Å². The number of phenols is 1. The van der Waals surface area contributed by atoms with Gasteiger partial charge in [0.1, 0.15) is 11.3 Å². The summed E-state index contributed by atoms with van der Waals surface area (Å²) in [5, 5.41) is 10.8. The third-order valence-corrected chi connectivity index (χ3v) is 3.54. The van der Waals surface area contributed by atoms with Crippen LogP contribution in [0.3, 0.4) is 0 Å². The maximum atomic E-state index is 12.3. The summed E-state index contributed by atoms with van der Waals surface area (Å²) in [7, 11) is 3.80. The van der Waals surface area contributed by atoms with Gasteiger partial charge in [0, 0.05) is 11.9 Å². The van der Waals surface area contributed by atoms with E-state index in [2.05, 4.69) is 0 Å². The van der Waals surface area contributed by atoms with Crippen LogP contribution < -0.4 is 5.63 Å². The summed E-state index contributed by atoms with van der Waals surface area (Å²) in [6, 6.07) is 14.6. The summed E-state index contributed by atoms with van der Waals surface area (Å²) in [6.07, 6.45) is 0. The Morgan fingerprint density at radius 1 is 1.09 bits per heavy atom. The topological polar surface area (TPSA) is 53.7 Å². The molecule has 0 aliphatic rings. The first-order valence-corrected chi connectivity index (χ1v) is 7.05. The van der Waals surface area contributed by atoms with E-state index >= 15 is 0 Å². The van der Waals surface area contributed by atoms with E-state index in [1.807, 2.05) is 55.4 Å². The number of nitrogens with zero attached hydrogens (tertiary/aromatic N) is 1. The minimum Gasteiger partial charge on any atom is -0.507 e. The maximum absolute atomic E-state index is 12.3. The molecule has 0 aliphatic heterocycles. The molecule has 2 aromatic carbocycles. The van der Waals surface area contributed by atoms with Crippen LogP contribution in [0.2, 0.25) is 0 Å². The zero-order valence-corrected chi connectivity index (χ0v) is 12.5. The van der Waals surface area contributed by atoms with E-state index < -0.39 is 5.63 Å². The average Bonchev–Trinajstić information content (AvgIpc) is 2.50. The molecule has 3 aromatic rings. The fourth-order valence-electron chi connectivity index (χ4n) is 2.52. The largest absolute Gasteiger partial charge is 0.507 e. The van der Waals surface area contributed by atoms with Gasteiger partial charge in [0.25, 0.3) is 0 Å². The Morgan fingerprint density at radius 3 is 2.50 bits per heavy atom. The molecule has 0 unspecified atom stereocenters. The quantitative estimate of drug-likeness (QED) is 0.754. The highest BCUT2D eigenvalue weighted by atomic mass is 16.4. The minimum atomic E-state index is -0.399. The summed E-state index contributed by atoms with van der Waals surface area (Å²) >= 11 is 0. The van der Waals surface area contributed by atoms with E-state index in [4.69, 9.17) is 4.42 Å².